The molecule has 7 heteroatoms. The lowest BCUT2D eigenvalue weighted by Crippen LogP contribution is -2.24. The van der Waals surface area contributed by atoms with Crippen molar-refractivity contribution in [1.29, 1.82) is 0 Å². The lowest BCUT2D eigenvalue weighted by Gasteiger charge is -2.19. The molecule has 1 unspecified atom stereocenters. The van der Waals surface area contributed by atoms with Crippen LogP contribution in [0.2, 0.25) is 0 Å². The van der Waals surface area contributed by atoms with Gasteiger partial charge in [0.05, 0.1) is 6.10 Å². The molecule has 0 bridgehead atoms. The second-order valence-electron chi connectivity index (χ2n) is 4.34. The first-order valence-corrected chi connectivity index (χ1v) is 6.57. The largest absolute Gasteiger partial charge is 0.523 e. The molecule has 1 aliphatic rings. The molecule has 3 nitrogen and oxygen atoms in total. The van der Waals surface area contributed by atoms with E-state index in [-0.39, 0.29) is 12.0 Å². The Kier molecular flexibility index (Phi) is 4.19. The minimum absolute atomic E-state index is 0.0588. The second kappa shape index (κ2) is 5.57. The third kappa shape index (κ3) is 3.61. The standard InChI is InChI=1S/C13H11BrF3NO2/c1-8-6-12(19)18(7-11(8)14)9-2-4-10(5-3-9)20-13(15,16)17/h2-4,6-7,10H,5H2,1H3. The SMILES string of the molecule is Cc1cc(=O)n(C2=CCC(OC(F)(F)F)C=C2)cc1Br. The highest BCUT2D eigenvalue weighted by Crippen LogP contribution is 2.25. The molecule has 0 aromatic carbocycles. The van der Waals surface area contributed by atoms with Crippen molar-refractivity contribution in [2.45, 2.75) is 25.8 Å². The summed E-state index contributed by atoms with van der Waals surface area (Å²) in [4.78, 5) is 11.9. The van der Waals surface area contributed by atoms with Gasteiger partial charge in [-0.15, -0.1) is 13.2 Å². The van der Waals surface area contributed by atoms with Crippen LogP contribution in [0.3, 0.4) is 0 Å². The van der Waals surface area contributed by atoms with E-state index in [9.17, 15) is 18.0 Å². The number of halogens is 4. The third-order valence-electron chi connectivity index (χ3n) is 2.80. The zero-order chi connectivity index (χ0) is 14.9. The van der Waals surface area contributed by atoms with Crippen LogP contribution in [0.15, 0.2) is 39.8 Å². The van der Waals surface area contributed by atoms with Gasteiger partial charge in [0.1, 0.15) is 0 Å². The van der Waals surface area contributed by atoms with Crippen LogP contribution in [-0.4, -0.2) is 17.0 Å². The van der Waals surface area contributed by atoms with Crippen LogP contribution < -0.4 is 5.56 Å². The van der Waals surface area contributed by atoms with Gasteiger partial charge in [-0.05, 0) is 40.9 Å². The topological polar surface area (TPSA) is 31.2 Å². The molecule has 1 heterocycles. The molecule has 1 aliphatic carbocycles. The van der Waals surface area contributed by atoms with E-state index >= 15 is 0 Å². The molecule has 1 atom stereocenters. The van der Waals surface area contributed by atoms with Crippen LogP contribution in [-0.2, 0) is 4.74 Å². The van der Waals surface area contributed by atoms with E-state index in [1.54, 1.807) is 19.2 Å². The molecule has 2 rings (SSSR count). The number of aromatic nitrogens is 1. The van der Waals surface area contributed by atoms with Gasteiger partial charge in [0.2, 0.25) is 0 Å². The fourth-order valence-corrected chi connectivity index (χ4v) is 2.15. The van der Waals surface area contributed by atoms with E-state index in [1.807, 2.05) is 0 Å². The fraction of sp³-hybridized carbons (Fsp3) is 0.308. The van der Waals surface area contributed by atoms with E-state index in [2.05, 4.69) is 20.7 Å². The first kappa shape index (κ1) is 15.1. The monoisotopic (exact) mass is 349 g/mol. The summed E-state index contributed by atoms with van der Waals surface area (Å²) in [5, 5.41) is 0. The lowest BCUT2D eigenvalue weighted by atomic mass is 10.1. The van der Waals surface area contributed by atoms with E-state index in [0.29, 0.717) is 5.70 Å². The lowest BCUT2D eigenvalue weighted by molar-refractivity contribution is -0.335. The minimum Gasteiger partial charge on any atom is -0.284 e. The molecule has 0 radical (unpaired) electrons. The summed E-state index contributed by atoms with van der Waals surface area (Å²) in [5.74, 6) is 0. The van der Waals surface area contributed by atoms with Crippen LogP contribution >= 0.6 is 15.9 Å². The van der Waals surface area contributed by atoms with Crippen molar-refractivity contribution in [3.63, 3.8) is 0 Å². The highest BCUT2D eigenvalue weighted by Gasteiger charge is 2.32. The number of nitrogens with zero attached hydrogens (tertiary/aromatic N) is 1. The van der Waals surface area contributed by atoms with E-state index in [1.165, 1.54) is 22.8 Å². The molecule has 1 aromatic rings. The fourth-order valence-electron chi connectivity index (χ4n) is 1.83. The van der Waals surface area contributed by atoms with Crippen LogP contribution in [0.25, 0.3) is 5.70 Å². The molecule has 0 N–H and O–H groups in total. The average molecular weight is 350 g/mol. The van der Waals surface area contributed by atoms with Crippen molar-refractivity contribution in [3.05, 3.63) is 50.9 Å². The maximum Gasteiger partial charge on any atom is 0.523 e. The third-order valence-corrected chi connectivity index (χ3v) is 3.63. The molecule has 0 aliphatic heterocycles. The number of rotatable bonds is 2. The molecular weight excluding hydrogens is 339 g/mol. The second-order valence-corrected chi connectivity index (χ2v) is 5.19. The molecule has 0 saturated carbocycles. The summed E-state index contributed by atoms with van der Waals surface area (Å²) in [6, 6.07) is 1.46. The number of allylic oxidation sites excluding steroid dienone is 2. The Hall–Kier alpha value is -1.34. The van der Waals surface area contributed by atoms with Gasteiger partial charge < -0.3 is 0 Å². The Labute approximate surface area is 121 Å². The van der Waals surface area contributed by atoms with E-state index in [4.69, 9.17) is 0 Å². The number of ether oxygens (including phenoxy) is 1. The van der Waals surface area contributed by atoms with Crippen molar-refractivity contribution in [2.75, 3.05) is 0 Å². The van der Waals surface area contributed by atoms with Gasteiger partial charge in [0, 0.05) is 22.4 Å². The van der Waals surface area contributed by atoms with Gasteiger partial charge in [-0.3, -0.25) is 14.1 Å². The first-order valence-electron chi connectivity index (χ1n) is 5.78. The van der Waals surface area contributed by atoms with Gasteiger partial charge in [0.25, 0.3) is 5.56 Å². The predicted molar refractivity (Wildman–Crippen MR) is 72.1 cm³/mol. The zero-order valence-electron chi connectivity index (χ0n) is 10.4. The average Bonchev–Trinajstić information content (AvgIpc) is 2.33. The highest BCUT2D eigenvalue weighted by molar-refractivity contribution is 9.10. The van der Waals surface area contributed by atoms with Gasteiger partial charge in [-0.1, -0.05) is 12.2 Å². The Bertz CT molecular complexity index is 631. The molecule has 0 spiro atoms. The number of alkyl halides is 3. The zero-order valence-corrected chi connectivity index (χ0v) is 12.0. The van der Waals surface area contributed by atoms with Crippen LogP contribution in [0.1, 0.15) is 12.0 Å². The summed E-state index contributed by atoms with van der Waals surface area (Å²) in [6.45, 7) is 1.79. The number of hydrogen-bond acceptors (Lipinski definition) is 2. The predicted octanol–water partition coefficient (Wildman–Crippen LogP) is 3.63. The molecular formula is C13H11BrF3NO2. The Morgan fingerprint density at radius 3 is 2.70 bits per heavy atom. The highest BCUT2D eigenvalue weighted by atomic mass is 79.9. The number of pyridine rings is 1. The van der Waals surface area contributed by atoms with Crippen LogP contribution in [0.5, 0.6) is 0 Å². The maximum absolute atomic E-state index is 12.1. The Morgan fingerprint density at radius 1 is 1.45 bits per heavy atom. The summed E-state index contributed by atoms with van der Waals surface area (Å²) >= 11 is 3.31. The van der Waals surface area contributed by atoms with Crippen LogP contribution in [0, 0.1) is 6.92 Å². The molecule has 20 heavy (non-hydrogen) atoms. The maximum atomic E-state index is 12.1. The van der Waals surface area contributed by atoms with Crippen molar-refractivity contribution in [3.8, 4) is 0 Å². The van der Waals surface area contributed by atoms with Crippen LogP contribution in [0.4, 0.5) is 13.2 Å². The first-order chi connectivity index (χ1) is 9.26. The minimum atomic E-state index is -4.66. The molecule has 0 fully saturated rings. The van der Waals surface area contributed by atoms with Crippen molar-refractivity contribution in [1.82, 2.24) is 4.57 Å². The quantitative estimate of drug-likeness (QED) is 0.816. The van der Waals surface area contributed by atoms with E-state index in [0.717, 1.165) is 10.0 Å². The summed E-state index contributed by atoms with van der Waals surface area (Å²) in [6.07, 6.45) is 0.223. The molecule has 1 aromatic heterocycles. The number of hydrogen-bond donors (Lipinski definition) is 0. The number of aryl methyl sites for hydroxylation is 1. The van der Waals surface area contributed by atoms with Gasteiger partial charge in [0.15, 0.2) is 0 Å². The van der Waals surface area contributed by atoms with Crippen molar-refractivity contribution >= 4 is 21.6 Å². The van der Waals surface area contributed by atoms with Gasteiger partial charge in [-0.2, -0.15) is 0 Å². The smallest absolute Gasteiger partial charge is 0.284 e. The Balaban J connectivity index is 2.20. The van der Waals surface area contributed by atoms with Gasteiger partial charge >= 0.3 is 6.36 Å². The summed E-state index contributed by atoms with van der Waals surface area (Å²) in [5.41, 5.74) is 1.08. The Morgan fingerprint density at radius 2 is 2.15 bits per heavy atom. The molecule has 108 valence electrons. The summed E-state index contributed by atoms with van der Waals surface area (Å²) in [7, 11) is 0. The molecule has 0 saturated heterocycles. The van der Waals surface area contributed by atoms with Gasteiger partial charge in [-0.25, -0.2) is 0 Å². The van der Waals surface area contributed by atoms with Crippen molar-refractivity contribution < 1.29 is 17.9 Å². The molecule has 0 amide bonds. The van der Waals surface area contributed by atoms with E-state index < -0.39 is 12.5 Å². The summed E-state index contributed by atoms with van der Waals surface area (Å²) < 4.78 is 42.3. The normalized spacial score (nSPS) is 19.1. The van der Waals surface area contributed by atoms with Crippen molar-refractivity contribution in [2.24, 2.45) is 0 Å².